The predicted octanol–water partition coefficient (Wildman–Crippen LogP) is 4.10. The number of halogens is 3. The third-order valence-electron chi connectivity index (χ3n) is 5.44. The Bertz CT molecular complexity index is 849. The third kappa shape index (κ3) is 4.24. The smallest absolute Gasteiger partial charge is 0.349 e. The lowest BCUT2D eigenvalue weighted by molar-refractivity contribution is -0.137. The molecule has 0 unspecified atom stereocenters. The van der Waals surface area contributed by atoms with E-state index in [-0.39, 0.29) is 5.91 Å². The molecule has 1 aromatic carbocycles. The van der Waals surface area contributed by atoms with Crippen LogP contribution in [0, 0.1) is 13.8 Å². The molecule has 1 fully saturated rings. The molecule has 0 radical (unpaired) electrons. The van der Waals surface area contributed by atoms with Crippen LogP contribution in [-0.4, -0.2) is 46.5 Å². The minimum absolute atomic E-state index is 0.0338. The molecule has 1 amide bonds. The summed E-state index contributed by atoms with van der Waals surface area (Å²) in [5.74, 6) is 0.0338. The average molecular weight is 393 g/mol. The summed E-state index contributed by atoms with van der Waals surface area (Å²) in [5, 5.41) is 0. The molecule has 1 saturated heterocycles. The van der Waals surface area contributed by atoms with E-state index in [1.165, 1.54) is 12.1 Å². The first-order valence-electron chi connectivity index (χ1n) is 9.55. The number of rotatable bonds is 4. The number of alkyl halides is 3. The lowest BCUT2D eigenvalue weighted by Gasteiger charge is -2.35. The molecule has 2 heterocycles. The molecular weight excluding hydrogens is 367 g/mol. The first-order valence-corrected chi connectivity index (χ1v) is 9.55. The quantitative estimate of drug-likeness (QED) is 0.782. The van der Waals surface area contributed by atoms with Crippen molar-refractivity contribution in [3.05, 3.63) is 58.4 Å². The Morgan fingerprint density at radius 2 is 1.75 bits per heavy atom. The van der Waals surface area contributed by atoms with E-state index >= 15 is 0 Å². The molecule has 1 aliphatic rings. The minimum atomic E-state index is -4.33. The highest BCUT2D eigenvalue weighted by atomic mass is 19.4. The SMILES string of the molecule is CCn1c(C)cc(C(=O)N2CCN(Cc3cccc(C(F)(F)F)c3)CC2)c1C. The summed E-state index contributed by atoms with van der Waals surface area (Å²) in [6.07, 6.45) is -4.33. The molecule has 1 aliphatic heterocycles. The van der Waals surface area contributed by atoms with Gasteiger partial charge in [-0.05, 0) is 38.5 Å². The maximum atomic E-state index is 12.9. The summed E-state index contributed by atoms with van der Waals surface area (Å²) in [4.78, 5) is 16.8. The van der Waals surface area contributed by atoms with Crippen molar-refractivity contribution in [2.45, 2.75) is 40.0 Å². The third-order valence-corrected chi connectivity index (χ3v) is 5.44. The summed E-state index contributed by atoms with van der Waals surface area (Å²) in [5.41, 5.74) is 2.82. The van der Waals surface area contributed by atoms with E-state index in [2.05, 4.69) is 16.4 Å². The van der Waals surface area contributed by atoms with Crippen molar-refractivity contribution >= 4 is 5.91 Å². The largest absolute Gasteiger partial charge is 0.416 e. The van der Waals surface area contributed by atoms with Gasteiger partial charge in [0.2, 0.25) is 0 Å². The van der Waals surface area contributed by atoms with Crippen LogP contribution in [0.3, 0.4) is 0 Å². The van der Waals surface area contributed by atoms with Crippen LogP contribution < -0.4 is 0 Å². The lowest BCUT2D eigenvalue weighted by Crippen LogP contribution is -2.48. The van der Waals surface area contributed by atoms with Gasteiger partial charge in [0.05, 0.1) is 11.1 Å². The summed E-state index contributed by atoms with van der Waals surface area (Å²) >= 11 is 0. The van der Waals surface area contributed by atoms with E-state index in [0.29, 0.717) is 38.3 Å². The zero-order valence-corrected chi connectivity index (χ0v) is 16.5. The summed E-state index contributed by atoms with van der Waals surface area (Å²) < 4.78 is 40.8. The predicted molar refractivity (Wildman–Crippen MR) is 102 cm³/mol. The molecule has 7 heteroatoms. The van der Waals surface area contributed by atoms with Crippen LogP contribution in [0.25, 0.3) is 0 Å². The molecule has 2 aromatic rings. The Hall–Kier alpha value is -2.28. The van der Waals surface area contributed by atoms with Gasteiger partial charge in [-0.1, -0.05) is 18.2 Å². The standard InChI is InChI=1S/C21H26F3N3O/c1-4-27-15(2)12-19(16(27)3)20(28)26-10-8-25(9-11-26)14-17-6-5-7-18(13-17)21(22,23)24/h5-7,12-13H,4,8-11,14H2,1-3H3. The maximum Gasteiger partial charge on any atom is 0.416 e. The number of carbonyl (C=O) groups is 1. The van der Waals surface area contributed by atoms with Crippen LogP contribution in [0.15, 0.2) is 30.3 Å². The fraction of sp³-hybridized carbons (Fsp3) is 0.476. The fourth-order valence-corrected chi connectivity index (χ4v) is 3.89. The molecular formula is C21H26F3N3O. The Labute approximate surface area is 163 Å². The van der Waals surface area contributed by atoms with Crippen molar-refractivity contribution in [2.24, 2.45) is 0 Å². The van der Waals surface area contributed by atoms with Crippen molar-refractivity contribution in [1.82, 2.24) is 14.4 Å². The zero-order valence-electron chi connectivity index (χ0n) is 16.5. The van der Waals surface area contributed by atoms with Gasteiger partial charge >= 0.3 is 6.18 Å². The molecule has 1 aromatic heterocycles. The van der Waals surface area contributed by atoms with Crippen molar-refractivity contribution in [2.75, 3.05) is 26.2 Å². The number of benzene rings is 1. The second-order valence-corrected chi connectivity index (χ2v) is 7.30. The zero-order chi connectivity index (χ0) is 20.5. The Kier molecular flexibility index (Phi) is 5.84. The first kappa shape index (κ1) is 20.5. The minimum Gasteiger partial charge on any atom is -0.349 e. The van der Waals surface area contributed by atoms with E-state index in [9.17, 15) is 18.0 Å². The number of nitrogens with zero attached hydrogens (tertiary/aromatic N) is 3. The van der Waals surface area contributed by atoms with Crippen LogP contribution in [-0.2, 0) is 19.3 Å². The van der Waals surface area contributed by atoms with Crippen LogP contribution in [0.2, 0.25) is 0 Å². The van der Waals surface area contributed by atoms with Gasteiger partial charge in [0.25, 0.3) is 5.91 Å². The number of hydrogen-bond donors (Lipinski definition) is 0. The van der Waals surface area contributed by atoms with Crippen LogP contribution in [0.5, 0.6) is 0 Å². The molecule has 0 saturated carbocycles. The molecule has 0 spiro atoms. The molecule has 0 atom stereocenters. The summed E-state index contributed by atoms with van der Waals surface area (Å²) in [6.45, 7) is 9.75. The van der Waals surface area contributed by atoms with E-state index in [4.69, 9.17) is 0 Å². The topological polar surface area (TPSA) is 28.5 Å². The van der Waals surface area contributed by atoms with Crippen LogP contribution in [0.4, 0.5) is 13.2 Å². The van der Waals surface area contributed by atoms with Crippen molar-refractivity contribution in [3.63, 3.8) is 0 Å². The Morgan fingerprint density at radius 1 is 1.07 bits per heavy atom. The first-order chi connectivity index (χ1) is 13.2. The van der Waals surface area contributed by atoms with Crippen molar-refractivity contribution < 1.29 is 18.0 Å². The number of aromatic nitrogens is 1. The van der Waals surface area contributed by atoms with Gasteiger partial charge in [0, 0.05) is 50.7 Å². The highest BCUT2D eigenvalue weighted by Gasteiger charge is 2.31. The molecule has 0 bridgehead atoms. The van der Waals surface area contributed by atoms with Gasteiger partial charge in [-0.15, -0.1) is 0 Å². The van der Waals surface area contributed by atoms with E-state index < -0.39 is 11.7 Å². The Balaban J connectivity index is 1.61. The fourth-order valence-electron chi connectivity index (χ4n) is 3.89. The van der Waals surface area contributed by atoms with Gasteiger partial charge in [-0.3, -0.25) is 9.69 Å². The summed E-state index contributed by atoms with van der Waals surface area (Å²) in [7, 11) is 0. The number of carbonyl (C=O) groups excluding carboxylic acids is 1. The average Bonchev–Trinajstić information content (AvgIpc) is 2.95. The molecule has 4 nitrogen and oxygen atoms in total. The summed E-state index contributed by atoms with van der Waals surface area (Å²) in [6, 6.07) is 7.40. The molecule has 28 heavy (non-hydrogen) atoms. The van der Waals surface area contributed by atoms with Gasteiger partial charge in [-0.2, -0.15) is 13.2 Å². The van der Waals surface area contributed by atoms with Crippen molar-refractivity contribution in [1.29, 1.82) is 0 Å². The number of aryl methyl sites for hydroxylation is 1. The van der Waals surface area contributed by atoms with Gasteiger partial charge in [0.1, 0.15) is 0 Å². The van der Waals surface area contributed by atoms with Crippen LogP contribution >= 0.6 is 0 Å². The van der Waals surface area contributed by atoms with Crippen molar-refractivity contribution in [3.8, 4) is 0 Å². The Morgan fingerprint density at radius 3 is 2.32 bits per heavy atom. The normalized spacial score (nSPS) is 15.9. The van der Waals surface area contributed by atoms with E-state index in [1.807, 2.05) is 24.8 Å². The molecule has 3 rings (SSSR count). The highest BCUT2D eigenvalue weighted by Crippen LogP contribution is 2.30. The van der Waals surface area contributed by atoms with Gasteiger partial charge in [-0.25, -0.2) is 0 Å². The number of amides is 1. The maximum absolute atomic E-state index is 12.9. The van der Waals surface area contributed by atoms with Gasteiger partial charge < -0.3 is 9.47 Å². The van der Waals surface area contributed by atoms with E-state index in [1.54, 1.807) is 6.07 Å². The highest BCUT2D eigenvalue weighted by molar-refractivity contribution is 5.95. The molecule has 152 valence electrons. The molecule has 0 aliphatic carbocycles. The lowest BCUT2D eigenvalue weighted by atomic mass is 10.1. The van der Waals surface area contributed by atoms with Gasteiger partial charge in [0.15, 0.2) is 0 Å². The second kappa shape index (κ2) is 7.99. The van der Waals surface area contributed by atoms with Crippen LogP contribution in [0.1, 0.15) is 39.8 Å². The monoisotopic (exact) mass is 393 g/mol. The van der Waals surface area contributed by atoms with E-state index in [0.717, 1.165) is 29.6 Å². The number of hydrogen-bond acceptors (Lipinski definition) is 2. The molecule has 0 N–H and O–H groups in total. The second-order valence-electron chi connectivity index (χ2n) is 7.30. The number of piperazine rings is 1.